The second-order valence-corrected chi connectivity index (χ2v) is 7.38. The van der Waals surface area contributed by atoms with Crippen molar-refractivity contribution in [1.82, 2.24) is 10.2 Å². The van der Waals surface area contributed by atoms with Gasteiger partial charge in [-0.05, 0) is 49.7 Å². The molecule has 2 atom stereocenters. The summed E-state index contributed by atoms with van der Waals surface area (Å²) in [6, 6.07) is 15.9. The second-order valence-electron chi connectivity index (χ2n) is 6.94. The van der Waals surface area contributed by atoms with Crippen molar-refractivity contribution in [2.45, 2.75) is 31.5 Å². The van der Waals surface area contributed by atoms with Crippen molar-refractivity contribution >= 4 is 17.6 Å². The molecule has 4 rings (SSSR count). The summed E-state index contributed by atoms with van der Waals surface area (Å²) in [4.78, 5) is 14.6. The SMILES string of the molecule is O=C1OC(NCC(c2ccc(Cl)cc2)N2CCCCC2)c2ccccc21. The van der Waals surface area contributed by atoms with E-state index in [0.717, 1.165) is 23.7 Å². The summed E-state index contributed by atoms with van der Waals surface area (Å²) < 4.78 is 5.53. The van der Waals surface area contributed by atoms with Gasteiger partial charge >= 0.3 is 5.97 Å². The molecule has 0 amide bonds. The van der Waals surface area contributed by atoms with Crippen molar-refractivity contribution < 1.29 is 9.53 Å². The number of fused-ring (bicyclic) bond motifs is 1. The van der Waals surface area contributed by atoms with Crippen molar-refractivity contribution in [3.63, 3.8) is 0 Å². The first-order chi connectivity index (χ1) is 12.7. The molecule has 1 saturated heterocycles. The van der Waals surface area contributed by atoms with Crippen LogP contribution in [0.1, 0.15) is 53.0 Å². The molecule has 2 aliphatic rings. The van der Waals surface area contributed by atoms with Crippen LogP contribution >= 0.6 is 11.6 Å². The number of carbonyl (C=O) groups is 1. The van der Waals surface area contributed by atoms with Crippen LogP contribution in [0.4, 0.5) is 0 Å². The number of benzene rings is 2. The van der Waals surface area contributed by atoms with E-state index in [1.807, 2.05) is 36.4 Å². The summed E-state index contributed by atoms with van der Waals surface area (Å²) in [5.74, 6) is -0.251. The van der Waals surface area contributed by atoms with Gasteiger partial charge in [0, 0.05) is 23.2 Å². The first-order valence-corrected chi connectivity index (χ1v) is 9.63. The molecule has 0 bridgehead atoms. The van der Waals surface area contributed by atoms with Gasteiger partial charge in [-0.1, -0.05) is 48.4 Å². The van der Waals surface area contributed by atoms with Gasteiger partial charge < -0.3 is 4.74 Å². The average molecular weight is 371 g/mol. The van der Waals surface area contributed by atoms with E-state index in [0.29, 0.717) is 12.1 Å². The van der Waals surface area contributed by atoms with Gasteiger partial charge in [0.05, 0.1) is 5.56 Å². The van der Waals surface area contributed by atoms with Crippen LogP contribution in [0, 0.1) is 0 Å². The summed E-state index contributed by atoms with van der Waals surface area (Å²) in [7, 11) is 0. The molecule has 0 radical (unpaired) electrons. The Morgan fingerprint density at radius 2 is 1.81 bits per heavy atom. The molecule has 2 aromatic rings. The number of hydrogen-bond acceptors (Lipinski definition) is 4. The van der Waals surface area contributed by atoms with Gasteiger partial charge in [0.25, 0.3) is 0 Å². The fourth-order valence-corrected chi connectivity index (χ4v) is 4.01. The van der Waals surface area contributed by atoms with Crippen molar-refractivity contribution in [3.8, 4) is 0 Å². The largest absolute Gasteiger partial charge is 0.439 e. The number of halogens is 1. The third kappa shape index (κ3) is 3.63. The van der Waals surface area contributed by atoms with E-state index in [9.17, 15) is 4.79 Å². The Morgan fingerprint density at radius 1 is 1.08 bits per heavy atom. The van der Waals surface area contributed by atoms with E-state index >= 15 is 0 Å². The Labute approximate surface area is 159 Å². The third-order valence-corrected chi connectivity index (χ3v) is 5.52. The molecule has 2 unspecified atom stereocenters. The van der Waals surface area contributed by atoms with Gasteiger partial charge in [0.1, 0.15) is 0 Å². The van der Waals surface area contributed by atoms with Gasteiger partial charge in [-0.2, -0.15) is 0 Å². The normalized spacial score (nSPS) is 21.3. The molecule has 0 spiro atoms. The molecular formula is C21H23ClN2O2. The topological polar surface area (TPSA) is 41.6 Å². The number of nitrogens with zero attached hydrogens (tertiary/aromatic N) is 1. The number of rotatable bonds is 5. The number of carbonyl (C=O) groups excluding carboxylic acids is 1. The average Bonchev–Trinajstić information content (AvgIpc) is 3.00. The number of nitrogens with one attached hydrogen (secondary N) is 1. The van der Waals surface area contributed by atoms with Crippen LogP contribution in [0.2, 0.25) is 5.02 Å². The van der Waals surface area contributed by atoms with Crippen molar-refractivity contribution in [1.29, 1.82) is 0 Å². The maximum atomic E-state index is 12.0. The van der Waals surface area contributed by atoms with Crippen LogP contribution in [0.5, 0.6) is 0 Å². The van der Waals surface area contributed by atoms with E-state index < -0.39 is 0 Å². The molecule has 2 heterocycles. The van der Waals surface area contributed by atoms with E-state index in [1.54, 1.807) is 0 Å². The Bertz CT molecular complexity index is 772. The van der Waals surface area contributed by atoms with Crippen molar-refractivity contribution in [2.24, 2.45) is 0 Å². The summed E-state index contributed by atoms with van der Waals surface area (Å²) in [6.07, 6.45) is 3.37. The van der Waals surface area contributed by atoms with E-state index in [1.165, 1.54) is 24.8 Å². The highest BCUT2D eigenvalue weighted by atomic mass is 35.5. The van der Waals surface area contributed by atoms with Gasteiger partial charge in [-0.15, -0.1) is 0 Å². The van der Waals surface area contributed by atoms with Gasteiger partial charge in [-0.3, -0.25) is 10.2 Å². The molecule has 5 heteroatoms. The van der Waals surface area contributed by atoms with Crippen LogP contribution in [-0.2, 0) is 4.74 Å². The van der Waals surface area contributed by atoms with Gasteiger partial charge in [-0.25, -0.2) is 4.79 Å². The Morgan fingerprint density at radius 3 is 2.58 bits per heavy atom. The molecule has 0 aromatic heterocycles. The monoisotopic (exact) mass is 370 g/mol. The number of hydrogen-bond donors (Lipinski definition) is 1. The number of ether oxygens (including phenoxy) is 1. The van der Waals surface area contributed by atoms with E-state index in [2.05, 4.69) is 22.3 Å². The number of cyclic esters (lactones) is 1. The molecule has 4 nitrogen and oxygen atoms in total. The Balaban J connectivity index is 1.52. The third-order valence-electron chi connectivity index (χ3n) is 5.27. The maximum Gasteiger partial charge on any atom is 0.340 e. The summed E-state index contributed by atoms with van der Waals surface area (Å²) in [6.45, 7) is 2.90. The molecular weight excluding hydrogens is 348 g/mol. The zero-order valence-electron chi connectivity index (χ0n) is 14.7. The first kappa shape index (κ1) is 17.5. The lowest BCUT2D eigenvalue weighted by molar-refractivity contribution is 0.0279. The second kappa shape index (κ2) is 7.78. The Kier molecular flexibility index (Phi) is 5.25. The standard InChI is InChI=1S/C21H23ClN2O2/c22-16-10-8-15(9-11-16)19(24-12-4-1-5-13-24)14-23-20-17-6-2-3-7-18(17)21(25)26-20/h2-3,6-11,19-20,23H,1,4-5,12-14H2. The molecule has 1 fully saturated rings. The van der Waals surface area contributed by atoms with Crippen LogP contribution < -0.4 is 5.32 Å². The lowest BCUT2D eigenvalue weighted by Crippen LogP contribution is -2.40. The highest BCUT2D eigenvalue weighted by Gasteiger charge is 2.31. The van der Waals surface area contributed by atoms with Gasteiger partial charge in [0.15, 0.2) is 6.23 Å². The molecule has 136 valence electrons. The quantitative estimate of drug-likeness (QED) is 0.795. The van der Waals surface area contributed by atoms with E-state index in [-0.39, 0.29) is 18.2 Å². The molecule has 26 heavy (non-hydrogen) atoms. The predicted molar refractivity (Wildman–Crippen MR) is 102 cm³/mol. The zero-order chi connectivity index (χ0) is 17.9. The number of piperidine rings is 1. The lowest BCUT2D eigenvalue weighted by atomic mass is 10.0. The minimum Gasteiger partial charge on any atom is -0.439 e. The van der Waals surface area contributed by atoms with Crippen molar-refractivity contribution in [3.05, 3.63) is 70.2 Å². The fourth-order valence-electron chi connectivity index (χ4n) is 3.89. The summed E-state index contributed by atoms with van der Waals surface area (Å²) >= 11 is 6.07. The van der Waals surface area contributed by atoms with Gasteiger partial charge in [0.2, 0.25) is 0 Å². The predicted octanol–water partition coefficient (Wildman–Crippen LogP) is 4.33. The van der Waals surface area contributed by atoms with Crippen molar-refractivity contribution in [2.75, 3.05) is 19.6 Å². The smallest absolute Gasteiger partial charge is 0.340 e. The summed E-state index contributed by atoms with van der Waals surface area (Å²) in [5, 5.41) is 4.21. The fraction of sp³-hybridized carbons (Fsp3) is 0.381. The highest BCUT2D eigenvalue weighted by Crippen LogP contribution is 2.30. The number of esters is 1. The highest BCUT2D eigenvalue weighted by molar-refractivity contribution is 6.30. The molecule has 2 aliphatic heterocycles. The molecule has 1 N–H and O–H groups in total. The molecule has 0 saturated carbocycles. The van der Waals surface area contributed by atoms with Crippen LogP contribution in [-0.4, -0.2) is 30.5 Å². The zero-order valence-corrected chi connectivity index (χ0v) is 15.4. The van der Waals surface area contributed by atoms with Crippen LogP contribution in [0.15, 0.2) is 48.5 Å². The minimum absolute atomic E-state index is 0.235. The first-order valence-electron chi connectivity index (χ1n) is 9.25. The minimum atomic E-state index is -0.377. The van der Waals surface area contributed by atoms with Crippen LogP contribution in [0.25, 0.3) is 0 Å². The Hall–Kier alpha value is -1.88. The summed E-state index contributed by atoms with van der Waals surface area (Å²) in [5.41, 5.74) is 2.82. The lowest BCUT2D eigenvalue weighted by Gasteiger charge is -2.35. The van der Waals surface area contributed by atoms with Crippen LogP contribution in [0.3, 0.4) is 0 Å². The maximum absolute atomic E-state index is 12.0. The number of likely N-dealkylation sites (tertiary alicyclic amines) is 1. The molecule has 0 aliphatic carbocycles. The molecule has 2 aromatic carbocycles. The van der Waals surface area contributed by atoms with E-state index in [4.69, 9.17) is 16.3 Å².